The van der Waals surface area contributed by atoms with E-state index in [9.17, 15) is 18.0 Å². The van der Waals surface area contributed by atoms with Gasteiger partial charge < -0.3 is 5.11 Å². The first-order valence-electron chi connectivity index (χ1n) is 6.21. The molecule has 0 heterocycles. The van der Waals surface area contributed by atoms with Gasteiger partial charge in [-0.25, -0.2) is 4.79 Å². The molecule has 0 aliphatic carbocycles. The highest BCUT2D eigenvalue weighted by Gasteiger charge is 2.30. The number of carboxylic acids is 1. The predicted octanol–water partition coefficient (Wildman–Crippen LogP) is 4.69. The van der Waals surface area contributed by atoms with Gasteiger partial charge in [0.2, 0.25) is 0 Å². The van der Waals surface area contributed by atoms with Crippen LogP contribution in [0.2, 0.25) is 0 Å². The Kier molecular flexibility index (Phi) is 3.77. The van der Waals surface area contributed by atoms with Crippen LogP contribution in [0.15, 0.2) is 36.4 Å². The lowest BCUT2D eigenvalue weighted by Gasteiger charge is -2.12. The predicted molar refractivity (Wildman–Crippen MR) is 73.3 cm³/mol. The molecule has 0 aliphatic heterocycles. The summed E-state index contributed by atoms with van der Waals surface area (Å²) in [5.41, 5.74) is 1.78. The molecule has 2 aromatic rings. The number of hydrogen-bond acceptors (Lipinski definition) is 1. The van der Waals surface area contributed by atoms with Crippen LogP contribution in [-0.4, -0.2) is 11.1 Å². The fourth-order valence-corrected chi connectivity index (χ4v) is 2.23. The van der Waals surface area contributed by atoms with Crippen molar-refractivity contribution in [2.24, 2.45) is 0 Å². The molecule has 2 nitrogen and oxygen atoms in total. The van der Waals surface area contributed by atoms with Crippen LogP contribution in [0.3, 0.4) is 0 Å². The second kappa shape index (κ2) is 5.24. The molecule has 0 saturated heterocycles. The Bertz CT molecular complexity index is 703. The lowest BCUT2D eigenvalue weighted by Crippen LogP contribution is -2.05. The zero-order valence-electron chi connectivity index (χ0n) is 11.5. The van der Waals surface area contributed by atoms with Crippen molar-refractivity contribution in [2.75, 3.05) is 0 Å². The maximum Gasteiger partial charge on any atom is 0.416 e. The Morgan fingerprint density at radius 2 is 1.71 bits per heavy atom. The van der Waals surface area contributed by atoms with Gasteiger partial charge in [-0.15, -0.1) is 0 Å². The van der Waals surface area contributed by atoms with Crippen molar-refractivity contribution in [1.29, 1.82) is 0 Å². The topological polar surface area (TPSA) is 37.3 Å². The fraction of sp³-hybridized carbons (Fsp3) is 0.188. The SMILES string of the molecule is Cc1cc(C(=O)O)cc(-c2ccc(C(F)(F)F)cc2C)c1. The Morgan fingerprint density at radius 3 is 2.24 bits per heavy atom. The minimum absolute atomic E-state index is 0.115. The van der Waals surface area contributed by atoms with Crippen LogP contribution in [0.4, 0.5) is 13.2 Å². The molecule has 0 unspecified atom stereocenters. The Morgan fingerprint density at radius 1 is 1.05 bits per heavy atom. The van der Waals surface area contributed by atoms with Gasteiger partial charge in [-0.1, -0.05) is 12.1 Å². The highest BCUT2D eigenvalue weighted by Crippen LogP contribution is 2.33. The maximum atomic E-state index is 12.7. The molecule has 5 heteroatoms. The van der Waals surface area contributed by atoms with Crippen LogP contribution in [0.1, 0.15) is 27.0 Å². The molecule has 0 atom stereocenters. The van der Waals surface area contributed by atoms with Crippen LogP contribution in [-0.2, 0) is 6.18 Å². The lowest BCUT2D eigenvalue weighted by molar-refractivity contribution is -0.137. The summed E-state index contributed by atoms with van der Waals surface area (Å²) in [6, 6.07) is 8.18. The minimum atomic E-state index is -4.39. The smallest absolute Gasteiger partial charge is 0.416 e. The Hall–Kier alpha value is -2.30. The summed E-state index contributed by atoms with van der Waals surface area (Å²) in [5.74, 6) is -1.07. The minimum Gasteiger partial charge on any atom is -0.478 e. The molecule has 0 radical (unpaired) electrons. The largest absolute Gasteiger partial charge is 0.478 e. The number of alkyl halides is 3. The van der Waals surface area contributed by atoms with E-state index in [1.165, 1.54) is 18.2 Å². The number of aromatic carboxylic acids is 1. The zero-order chi connectivity index (χ0) is 15.8. The normalized spacial score (nSPS) is 11.5. The second-order valence-corrected chi connectivity index (χ2v) is 4.92. The van der Waals surface area contributed by atoms with Crippen LogP contribution < -0.4 is 0 Å². The first-order valence-corrected chi connectivity index (χ1v) is 6.21. The highest BCUT2D eigenvalue weighted by atomic mass is 19.4. The molecule has 0 bridgehead atoms. The summed E-state index contributed by atoms with van der Waals surface area (Å²) >= 11 is 0. The molecule has 0 aromatic heterocycles. The molecule has 0 fully saturated rings. The van der Waals surface area contributed by atoms with E-state index in [0.717, 1.165) is 17.7 Å². The molecular formula is C16H13F3O2. The van der Waals surface area contributed by atoms with Crippen molar-refractivity contribution < 1.29 is 23.1 Å². The summed E-state index contributed by atoms with van der Waals surface area (Å²) in [5, 5.41) is 9.05. The second-order valence-electron chi connectivity index (χ2n) is 4.92. The standard InChI is InChI=1S/C16H13F3O2/c1-9-5-11(8-12(6-9)15(20)21)14-4-3-13(7-10(14)2)16(17,18)19/h3-8H,1-2H3,(H,20,21). The van der Waals surface area contributed by atoms with Crippen molar-refractivity contribution in [3.63, 3.8) is 0 Å². The number of halogens is 3. The van der Waals surface area contributed by atoms with Crippen molar-refractivity contribution in [3.05, 3.63) is 58.7 Å². The van der Waals surface area contributed by atoms with Gasteiger partial charge in [0.1, 0.15) is 0 Å². The average molecular weight is 294 g/mol. The van der Waals surface area contributed by atoms with Gasteiger partial charge in [0.25, 0.3) is 0 Å². The molecule has 0 saturated carbocycles. The summed E-state index contributed by atoms with van der Waals surface area (Å²) in [7, 11) is 0. The number of benzene rings is 2. The molecule has 2 aromatic carbocycles. The van der Waals surface area contributed by atoms with Gasteiger partial charge in [-0.05, 0) is 60.4 Å². The van der Waals surface area contributed by atoms with Crippen molar-refractivity contribution >= 4 is 5.97 Å². The first kappa shape index (κ1) is 15.1. The summed E-state index contributed by atoms with van der Waals surface area (Å²) in [6.45, 7) is 3.32. The van der Waals surface area contributed by atoms with Gasteiger partial charge in [0, 0.05) is 0 Å². The van der Waals surface area contributed by atoms with Gasteiger partial charge in [0.05, 0.1) is 11.1 Å². The van der Waals surface area contributed by atoms with Crippen LogP contribution in [0.25, 0.3) is 11.1 Å². The van der Waals surface area contributed by atoms with Gasteiger partial charge in [-0.2, -0.15) is 13.2 Å². The molecule has 2 rings (SSSR count). The number of aryl methyl sites for hydroxylation is 2. The van der Waals surface area contributed by atoms with E-state index < -0.39 is 17.7 Å². The van der Waals surface area contributed by atoms with Gasteiger partial charge in [-0.3, -0.25) is 0 Å². The van der Waals surface area contributed by atoms with Crippen LogP contribution in [0, 0.1) is 13.8 Å². The molecule has 1 N–H and O–H groups in total. The third-order valence-corrected chi connectivity index (χ3v) is 3.19. The number of hydrogen-bond donors (Lipinski definition) is 1. The van der Waals surface area contributed by atoms with Gasteiger partial charge in [0.15, 0.2) is 0 Å². The molecule has 110 valence electrons. The van der Waals surface area contributed by atoms with E-state index >= 15 is 0 Å². The van der Waals surface area contributed by atoms with E-state index in [2.05, 4.69) is 0 Å². The van der Waals surface area contributed by atoms with E-state index in [-0.39, 0.29) is 5.56 Å². The molecule has 0 aliphatic rings. The summed E-state index contributed by atoms with van der Waals surface area (Å²) in [4.78, 5) is 11.1. The highest BCUT2D eigenvalue weighted by molar-refractivity contribution is 5.90. The Balaban J connectivity index is 2.55. The first-order chi connectivity index (χ1) is 9.68. The van der Waals surface area contributed by atoms with Crippen molar-refractivity contribution in [3.8, 4) is 11.1 Å². The third kappa shape index (κ3) is 3.24. The van der Waals surface area contributed by atoms with Crippen LogP contribution in [0.5, 0.6) is 0 Å². The number of carboxylic acid groups (broad SMARTS) is 1. The monoisotopic (exact) mass is 294 g/mol. The van der Waals surface area contributed by atoms with Crippen LogP contribution >= 0.6 is 0 Å². The Labute approximate surface area is 119 Å². The molecule has 21 heavy (non-hydrogen) atoms. The van der Waals surface area contributed by atoms with E-state index in [4.69, 9.17) is 5.11 Å². The van der Waals surface area contributed by atoms with E-state index in [1.54, 1.807) is 19.9 Å². The average Bonchev–Trinajstić information content (AvgIpc) is 2.36. The molecule has 0 spiro atoms. The van der Waals surface area contributed by atoms with Gasteiger partial charge >= 0.3 is 12.1 Å². The quantitative estimate of drug-likeness (QED) is 0.872. The molecular weight excluding hydrogens is 281 g/mol. The fourth-order valence-electron chi connectivity index (χ4n) is 2.23. The third-order valence-electron chi connectivity index (χ3n) is 3.19. The molecule has 0 amide bonds. The van der Waals surface area contributed by atoms with Crippen molar-refractivity contribution in [1.82, 2.24) is 0 Å². The van der Waals surface area contributed by atoms with E-state index in [0.29, 0.717) is 16.7 Å². The number of rotatable bonds is 2. The zero-order valence-corrected chi connectivity index (χ0v) is 11.5. The van der Waals surface area contributed by atoms with Crippen molar-refractivity contribution in [2.45, 2.75) is 20.0 Å². The number of carbonyl (C=O) groups is 1. The summed E-state index contributed by atoms with van der Waals surface area (Å²) < 4.78 is 38.0. The summed E-state index contributed by atoms with van der Waals surface area (Å²) in [6.07, 6.45) is -4.39. The maximum absolute atomic E-state index is 12.7. The van der Waals surface area contributed by atoms with E-state index in [1.807, 2.05) is 0 Å². The lowest BCUT2D eigenvalue weighted by atomic mass is 9.95.